The first-order chi connectivity index (χ1) is 8.79. The minimum absolute atomic E-state index is 0.195. The molecule has 0 saturated carbocycles. The lowest BCUT2D eigenvalue weighted by atomic mass is 10.1. The second-order valence-electron chi connectivity index (χ2n) is 4.70. The van der Waals surface area contributed by atoms with Crippen molar-refractivity contribution in [3.05, 3.63) is 29.8 Å². The minimum Gasteiger partial charge on any atom is -0.391 e. The highest BCUT2D eigenvalue weighted by Gasteiger charge is 2.23. The molecule has 3 nitrogen and oxygen atoms in total. The number of hydrogen-bond donors (Lipinski definition) is 3. The molecule has 1 aliphatic rings. The maximum atomic E-state index is 9.69. The van der Waals surface area contributed by atoms with Crippen LogP contribution < -0.4 is 10.6 Å². The summed E-state index contributed by atoms with van der Waals surface area (Å²) in [6.07, 6.45) is -0.195. The molecule has 1 aromatic rings. The molecule has 2 rings (SSSR count). The second-order valence-corrected chi connectivity index (χ2v) is 6.03. The molecule has 1 aromatic carbocycles. The third-order valence-electron chi connectivity index (χ3n) is 3.25. The molecule has 0 amide bonds. The average molecular weight is 266 g/mol. The molecule has 0 radical (unpaired) electrons. The summed E-state index contributed by atoms with van der Waals surface area (Å²) in [5, 5.41) is 16.3. The Bertz CT molecular complexity index is 373. The number of aliphatic hydroxyl groups is 1. The Morgan fingerprint density at radius 1 is 1.44 bits per heavy atom. The van der Waals surface area contributed by atoms with Gasteiger partial charge in [0.15, 0.2) is 0 Å². The first-order valence-electron chi connectivity index (χ1n) is 6.61. The highest BCUT2D eigenvalue weighted by molar-refractivity contribution is 7.99. The molecule has 1 saturated heterocycles. The van der Waals surface area contributed by atoms with Gasteiger partial charge in [0.2, 0.25) is 0 Å². The van der Waals surface area contributed by atoms with Crippen LogP contribution in [0.4, 0.5) is 0 Å². The standard InChI is InChI=1S/C14H22N2OS/c1-2-18-13-5-3-4-11(6-13)7-15-8-12-9-16-10-14(12)17/h3-6,12,14-17H,2,7-10H2,1H3. The summed E-state index contributed by atoms with van der Waals surface area (Å²) in [7, 11) is 0. The molecular formula is C14H22N2OS. The molecular weight excluding hydrogens is 244 g/mol. The summed E-state index contributed by atoms with van der Waals surface area (Å²) in [6, 6.07) is 8.66. The molecule has 18 heavy (non-hydrogen) atoms. The Labute approximate surface area is 113 Å². The van der Waals surface area contributed by atoms with Crippen LogP contribution in [0, 0.1) is 5.92 Å². The van der Waals surface area contributed by atoms with Crippen molar-refractivity contribution in [1.82, 2.24) is 10.6 Å². The fourth-order valence-corrected chi connectivity index (χ4v) is 2.98. The van der Waals surface area contributed by atoms with Gasteiger partial charge in [0.05, 0.1) is 6.10 Å². The van der Waals surface area contributed by atoms with E-state index in [0.29, 0.717) is 5.92 Å². The van der Waals surface area contributed by atoms with Gasteiger partial charge < -0.3 is 15.7 Å². The van der Waals surface area contributed by atoms with E-state index in [1.54, 1.807) is 0 Å². The lowest BCUT2D eigenvalue weighted by Gasteiger charge is -2.14. The number of rotatable bonds is 6. The summed E-state index contributed by atoms with van der Waals surface area (Å²) in [4.78, 5) is 1.33. The predicted molar refractivity (Wildman–Crippen MR) is 76.9 cm³/mol. The Kier molecular flexibility index (Phi) is 5.50. The maximum Gasteiger partial charge on any atom is 0.0716 e. The van der Waals surface area contributed by atoms with Crippen LogP contribution in [-0.4, -0.2) is 36.6 Å². The lowest BCUT2D eigenvalue weighted by molar-refractivity contribution is 0.146. The van der Waals surface area contributed by atoms with E-state index < -0.39 is 0 Å². The van der Waals surface area contributed by atoms with E-state index >= 15 is 0 Å². The van der Waals surface area contributed by atoms with Crippen LogP contribution in [0.1, 0.15) is 12.5 Å². The van der Waals surface area contributed by atoms with Gasteiger partial charge in [0, 0.05) is 37.0 Å². The normalized spacial score (nSPS) is 23.4. The lowest BCUT2D eigenvalue weighted by Crippen LogP contribution is -2.30. The van der Waals surface area contributed by atoms with E-state index in [0.717, 1.165) is 31.9 Å². The van der Waals surface area contributed by atoms with Gasteiger partial charge in [-0.05, 0) is 23.4 Å². The van der Waals surface area contributed by atoms with Crippen molar-refractivity contribution < 1.29 is 5.11 Å². The molecule has 2 unspecified atom stereocenters. The number of nitrogens with one attached hydrogen (secondary N) is 2. The molecule has 0 bridgehead atoms. The van der Waals surface area contributed by atoms with E-state index in [-0.39, 0.29) is 6.10 Å². The van der Waals surface area contributed by atoms with Crippen molar-refractivity contribution in [1.29, 1.82) is 0 Å². The molecule has 0 aromatic heterocycles. The summed E-state index contributed by atoms with van der Waals surface area (Å²) >= 11 is 1.87. The van der Waals surface area contributed by atoms with Gasteiger partial charge in [0.1, 0.15) is 0 Å². The zero-order chi connectivity index (χ0) is 12.8. The summed E-state index contributed by atoms with van der Waals surface area (Å²) in [6.45, 7) is 5.57. The summed E-state index contributed by atoms with van der Waals surface area (Å²) < 4.78 is 0. The van der Waals surface area contributed by atoms with Gasteiger partial charge in [-0.2, -0.15) is 0 Å². The van der Waals surface area contributed by atoms with Gasteiger partial charge in [-0.1, -0.05) is 19.1 Å². The fraction of sp³-hybridized carbons (Fsp3) is 0.571. The Morgan fingerprint density at radius 2 is 2.33 bits per heavy atom. The Balaban J connectivity index is 1.77. The van der Waals surface area contributed by atoms with Crippen molar-refractivity contribution in [2.45, 2.75) is 24.5 Å². The third kappa shape index (κ3) is 3.99. The first-order valence-corrected chi connectivity index (χ1v) is 7.59. The number of hydrogen-bond acceptors (Lipinski definition) is 4. The number of benzene rings is 1. The van der Waals surface area contributed by atoms with Crippen LogP contribution in [0.25, 0.3) is 0 Å². The second kappa shape index (κ2) is 7.14. The SMILES string of the molecule is CCSc1cccc(CNCC2CNCC2O)c1. The van der Waals surface area contributed by atoms with Gasteiger partial charge in [-0.15, -0.1) is 11.8 Å². The van der Waals surface area contributed by atoms with Crippen molar-refractivity contribution >= 4 is 11.8 Å². The van der Waals surface area contributed by atoms with E-state index in [2.05, 4.69) is 41.8 Å². The van der Waals surface area contributed by atoms with Crippen LogP contribution in [0.5, 0.6) is 0 Å². The Morgan fingerprint density at radius 3 is 3.06 bits per heavy atom. The molecule has 2 atom stereocenters. The van der Waals surface area contributed by atoms with Crippen LogP contribution in [-0.2, 0) is 6.54 Å². The van der Waals surface area contributed by atoms with Gasteiger partial charge >= 0.3 is 0 Å². The van der Waals surface area contributed by atoms with Crippen molar-refractivity contribution in [3.8, 4) is 0 Å². The van der Waals surface area contributed by atoms with Crippen LogP contribution in [0.2, 0.25) is 0 Å². The first kappa shape index (κ1) is 13.9. The summed E-state index contributed by atoms with van der Waals surface area (Å²) in [5.41, 5.74) is 1.31. The smallest absolute Gasteiger partial charge is 0.0716 e. The molecule has 3 N–H and O–H groups in total. The number of thioether (sulfide) groups is 1. The van der Waals surface area contributed by atoms with Crippen LogP contribution in [0.15, 0.2) is 29.2 Å². The predicted octanol–water partition coefficient (Wildman–Crippen LogP) is 1.47. The van der Waals surface area contributed by atoms with Crippen molar-refractivity contribution in [2.75, 3.05) is 25.4 Å². The molecule has 1 heterocycles. The molecule has 4 heteroatoms. The van der Waals surface area contributed by atoms with E-state index in [1.165, 1.54) is 10.5 Å². The van der Waals surface area contributed by atoms with Gasteiger partial charge in [-0.25, -0.2) is 0 Å². The van der Waals surface area contributed by atoms with Crippen LogP contribution in [0.3, 0.4) is 0 Å². The third-order valence-corrected chi connectivity index (χ3v) is 4.13. The fourth-order valence-electron chi connectivity index (χ4n) is 2.24. The average Bonchev–Trinajstić information content (AvgIpc) is 2.76. The molecule has 100 valence electrons. The molecule has 0 spiro atoms. The van der Waals surface area contributed by atoms with E-state index in [1.807, 2.05) is 11.8 Å². The topological polar surface area (TPSA) is 44.3 Å². The van der Waals surface area contributed by atoms with Gasteiger partial charge in [-0.3, -0.25) is 0 Å². The van der Waals surface area contributed by atoms with E-state index in [4.69, 9.17) is 0 Å². The van der Waals surface area contributed by atoms with Crippen molar-refractivity contribution in [3.63, 3.8) is 0 Å². The molecule has 0 aliphatic carbocycles. The quantitative estimate of drug-likeness (QED) is 0.682. The largest absolute Gasteiger partial charge is 0.391 e. The summed E-state index contributed by atoms with van der Waals surface area (Å²) in [5.74, 6) is 1.45. The van der Waals surface area contributed by atoms with Crippen LogP contribution >= 0.6 is 11.8 Å². The number of β-amino-alcohol motifs (C(OH)–C–C–N with tert-alkyl or cyclic N) is 1. The number of aliphatic hydroxyl groups excluding tert-OH is 1. The monoisotopic (exact) mass is 266 g/mol. The highest BCUT2D eigenvalue weighted by atomic mass is 32.2. The molecule has 1 aliphatic heterocycles. The van der Waals surface area contributed by atoms with Gasteiger partial charge in [0.25, 0.3) is 0 Å². The Hall–Kier alpha value is -0.550. The zero-order valence-electron chi connectivity index (χ0n) is 10.9. The van der Waals surface area contributed by atoms with E-state index in [9.17, 15) is 5.11 Å². The van der Waals surface area contributed by atoms with Crippen molar-refractivity contribution in [2.24, 2.45) is 5.92 Å². The molecule has 1 fully saturated rings. The minimum atomic E-state index is -0.195. The zero-order valence-corrected chi connectivity index (χ0v) is 11.7. The highest BCUT2D eigenvalue weighted by Crippen LogP contribution is 2.18. The maximum absolute atomic E-state index is 9.69.